The van der Waals surface area contributed by atoms with Crippen molar-refractivity contribution in [2.75, 3.05) is 7.11 Å². The molecule has 2 aromatic rings. The van der Waals surface area contributed by atoms with Crippen LogP contribution in [-0.4, -0.2) is 17.9 Å². The van der Waals surface area contributed by atoms with Crippen molar-refractivity contribution in [2.24, 2.45) is 0 Å². The first-order chi connectivity index (χ1) is 9.02. The Balaban J connectivity index is 2.50. The van der Waals surface area contributed by atoms with E-state index in [2.05, 4.69) is 4.98 Å². The summed E-state index contributed by atoms with van der Waals surface area (Å²) in [6.07, 6.45) is 3.16. The lowest BCUT2D eigenvalue weighted by molar-refractivity contribution is 0.103. The van der Waals surface area contributed by atoms with E-state index in [0.29, 0.717) is 11.3 Å². The van der Waals surface area contributed by atoms with Gasteiger partial charge in [0.1, 0.15) is 5.75 Å². The third-order valence-corrected chi connectivity index (χ3v) is 3.12. The molecule has 0 N–H and O–H groups in total. The van der Waals surface area contributed by atoms with Gasteiger partial charge >= 0.3 is 0 Å². The van der Waals surface area contributed by atoms with Gasteiger partial charge in [-0.1, -0.05) is 17.7 Å². The minimum atomic E-state index is -0.0126. The van der Waals surface area contributed by atoms with E-state index >= 15 is 0 Å². The molecule has 1 heterocycles. The maximum Gasteiger partial charge on any atom is 0.195 e. The van der Waals surface area contributed by atoms with E-state index in [1.807, 2.05) is 32.9 Å². The van der Waals surface area contributed by atoms with Crippen LogP contribution in [0.15, 0.2) is 30.6 Å². The highest BCUT2D eigenvalue weighted by Gasteiger charge is 2.15. The second-order valence-electron chi connectivity index (χ2n) is 4.72. The van der Waals surface area contributed by atoms with Gasteiger partial charge in [-0.15, -0.1) is 0 Å². The van der Waals surface area contributed by atoms with E-state index in [9.17, 15) is 4.79 Å². The molecule has 0 aliphatic carbocycles. The highest BCUT2D eigenvalue weighted by atomic mass is 16.5. The maximum absolute atomic E-state index is 12.6. The number of pyridine rings is 1. The molecule has 0 aliphatic rings. The number of rotatable bonds is 3. The van der Waals surface area contributed by atoms with Crippen LogP contribution in [0.25, 0.3) is 0 Å². The second-order valence-corrected chi connectivity index (χ2v) is 4.72. The topological polar surface area (TPSA) is 39.2 Å². The second kappa shape index (κ2) is 5.22. The lowest BCUT2D eigenvalue weighted by atomic mass is 9.94. The van der Waals surface area contributed by atoms with Crippen LogP contribution in [0.5, 0.6) is 5.75 Å². The molecule has 3 nitrogen and oxygen atoms in total. The van der Waals surface area contributed by atoms with Gasteiger partial charge in [0.25, 0.3) is 0 Å². The van der Waals surface area contributed by atoms with Crippen LogP contribution >= 0.6 is 0 Å². The smallest absolute Gasteiger partial charge is 0.195 e. The number of methoxy groups -OCH3 is 1. The Kier molecular flexibility index (Phi) is 3.65. The summed E-state index contributed by atoms with van der Waals surface area (Å²) < 4.78 is 5.11. The molecule has 0 bridgehead atoms. The number of aryl methyl sites for hydroxylation is 3. The fourth-order valence-electron chi connectivity index (χ4n) is 2.34. The third-order valence-electron chi connectivity index (χ3n) is 3.12. The van der Waals surface area contributed by atoms with Crippen LogP contribution in [-0.2, 0) is 0 Å². The molecule has 0 saturated heterocycles. The van der Waals surface area contributed by atoms with E-state index < -0.39 is 0 Å². The molecule has 0 fully saturated rings. The Labute approximate surface area is 113 Å². The summed E-state index contributed by atoms with van der Waals surface area (Å²) in [5.41, 5.74) is 4.45. The number of hydrogen-bond acceptors (Lipinski definition) is 3. The van der Waals surface area contributed by atoms with Crippen molar-refractivity contribution in [3.8, 4) is 5.75 Å². The Morgan fingerprint density at radius 3 is 2.26 bits per heavy atom. The summed E-state index contributed by atoms with van der Waals surface area (Å²) in [5.74, 6) is 0.578. The Morgan fingerprint density at radius 2 is 1.68 bits per heavy atom. The predicted octanol–water partition coefficient (Wildman–Crippen LogP) is 3.25. The Hall–Kier alpha value is -2.16. The summed E-state index contributed by atoms with van der Waals surface area (Å²) in [4.78, 5) is 16.6. The molecule has 1 aromatic carbocycles. The van der Waals surface area contributed by atoms with Crippen LogP contribution in [0, 0.1) is 20.8 Å². The van der Waals surface area contributed by atoms with Gasteiger partial charge in [0.05, 0.1) is 13.3 Å². The summed E-state index contributed by atoms with van der Waals surface area (Å²) >= 11 is 0. The van der Waals surface area contributed by atoms with Gasteiger partial charge in [0.15, 0.2) is 5.78 Å². The van der Waals surface area contributed by atoms with Crippen LogP contribution in [0.4, 0.5) is 0 Å². The number of aromatic nitrogens is 1. The molecule has 3 heteroatoms. The molecule has 0 amide bonds. The molecular formula is C16H17NO2. The van der Waals surface area contributed by atoms with Gasteiger partial charge in [-0.05, 0) is 38.0 Å². The third kappa shape index (κ3) is 2.65. The molecule has 0 unspecified atom stereocenters. The lowest BCUT2D eigenvalue weighted by Crippen LogP contribution is -2.07. The van der Waals surface area contributed by atoms with Crippen molar-refractivity contribution in [1.82, 2.24) is 4.98 Å². The standard InChI is InChI=1S/C16H17NO2/c1-10-5-11(2)15(12(3)6-10)16(18)13-7-14(19-4)9-17-8-13/h5-9H,1-4H3. The minimum absolute atomic E-state index is 0.0126. The van der Waals surface area contributed by atoms with Crippen LogP contribution in [0.1, 0.15) is 32.6 Å². The molecule has 1 aromatic heterocycles. The van der Waals surface area contributed by atoms with Crippen molar-refractivity contribution in [2.45, 2.75) is 20.8 Å². The fourth-order valence-corrected chi connectivity index (χ4v) is 2.34. The van der Waals surface area contributed by atoms with Crippen molar-refractivity contribution in [1.29, 1.82) is 0 Å². The van der Waals surface area contributed by atoms with Gasteiger partial charge in [0, 0.05) is 17.3 Å². The highest BCUT2D eigenvalue weighted by Crippen LogP contribution is 2.21. The highest BCUT2D eigenvalue weighted by molar-refractivity contribution is 6.10. The number of carbonyl (C=O) groups excluding carboxylic acids is 1. The van der Waals surface area contributed by atoms with Gasteiger partial charge in [0.2, 0.25) is 0 Å². The number of carbonyl (C=O) groups is 1. The van der Waals surface area contributed by atoms with E-state index in [1.54, 1.807) is 25.6 Å². The fraction of sp³-hybridized carbons (Fsp3) is 0.250. The number of nitrogens with zero attached hydrogens (tertiary/aromatic N) is 1. The zero-order valence-electron chi connectivity index (χ0n) is 11.7. The summed E-state index contributed by atoms with van der Waals surface area (Å²) in [6, 6.07) is 5.76. The first-order valence-electron chi connectivity index (χ1n) is 6.14. The predicted molar refractivity (Wildman–Crippen MR) is 74.9 cm³/mol. The minimum Gasteiger partial charge on any atom is -0.495 e. The first-order valence-corrected chi connectivity index (χ1v) is 6.14. The van der Waals surface area contributed by atoms with E-state index in [4.69, 9.17) is 4.74 Å². The maximum atomic E-state index is 12.6. The SMILES string of the molecule is COc1cncc(C(=O)c2c(C)cc(C)cc2C)c1. The summed E-state index contributed by atoms with van der Waals surface area (Å²) in [5, 5.41) is 0. The van der Waals surface area contributed by atoms with E-state index in [1.165, 1.54) is 0 Å². The van der Waals surface area contributed by atoms with Gasteiger partial charge < -0.3 is 4.74 Å². The van der Waals surface area contributed by atoms with Crippen molar-refractivity contribution in [3.05, 3.63) is 58.4 Å². The van der Waals surface area contributed by atoms with Gasteiger partial charge in [-0.3, -0.25) is 9.78 Å². The molecule has 0 radical (unpaired) electrons. The normalized spacial score (nSPS) is 10.3. The van der Waals surface area contributed by atoms with Crippen LogP contribution < -0.4 is 4.74 Å². The van der Waals surface area contributed by atoms with Crippen LogP contribution in [0.3, 0.4) is 0 Å². The van der Waals surface area contributed by atoms with Crippen LogP contribution in [0.2, 0.25) is 0 Å². The number of ketones is 1. The molecular weight excluding hydrogens is 238 g/mol. The van der Waals surface area contributed by atoms with Crippen molar-refractivity contribution in [3.63, 3.8) is 0 Å². The first kappa shape index (κ1) is 13.3. The number of benzene rings is 1. The Bertz CT molecular complexity index is 609. The molecule has 0 spiro atoms. The lowest BCUT2D eigenvalue weighted by Gasteiger charge is -2.10. The quantitative estimate of drug-likeness (QED) is 0.790. The van der Waals surface area contributed by atoms with Gasteiger partial charge in [-0.25, -0.2) is 0 Å². The molecule has 19 heavy (non-hydrogen) atoms. The monoisotopic (exact) mass is 255 g/mol. The zero-order chi connectivity index (χ0) is 14.0. The molecule has 98 valence electrons. The van der Waals surface area contributed by atoms with E-state index in [-0.39, 0.29) is 5.78 Å². The molecule has 0 saturated carbocycles. The van der Waals surface area contributed by atoms with Crippen molar-refractivity contribution < 1.29 is 9.53 Å². The largest absolute Gasteiger partial charge is 0.495 e. The average molecular weight is 255 g/mol. The van der Waals surface area contributed by atoms with Gasteiger partial charge in [-0.2, -0.15) is 0 Å². The van der Waals surface area contributed by atoms with E-state index in [0.717, 1.165) is 22.3 Å². The zero-order valence-corrected chi connectivity index (χ0v) is 11.7. The molecule has 2 rings (SSSR count). The molecule has 0 atom stereocenters. The number of hydrogen-bond donors (Lipinski definition) is 0. The molecule has 0 aliphatic heterocycles. The summed E-state index contributed by atoms with van der Waals surface area (Å²) in [6.45, 7) is 5.95. The Morgan fingerprint density at radius 1 is 1.05 bits per heavy atom. The average Bonchev–Trinajstić information content (AvgIpc) is 2.37. The van der Waals surface area contributed by atoms with Crippen molar-refractivity contribution >= 4 is 5.78 Å². The number of ether oxygens (including phenoxy) is 1. The summed E-state index contributed by atoms with van der Waals surface area (Å²) in [7, 11) is 1.56.